The van der Waals surface area contributed by atoms with Gasteiger partial charge in [0.05, 0.1) is 0 Å². The number of nitrogens with one attached hydrogen (secondary N) is 1. The van der Waals surface area contributed by atoms with E-state index in [9.17, 15) is 8.78 Å². The molecule has 1 heterocycles. The molecule has 0 saturated carbocycles. The van der Waals surface area contributed by atoms with Crippen molar-refractivity contribution in [2.24, 2.45) is 5.92 Å². The van der Waals surface area contributed by atoms with E-state index < -0.39 is 5.76 Å². The van der Waals surface area contributed by atoms with E-state index in [2.05, 4.69) is 17.3 Å². The van der Waals surface area contributed by atoms with Crippen molar-refractivity contribution in [3.63, 3.8) is 0 Å². The summed E-state index contributed by atoms with van der Waals surface area (Å²) in [5.74, 6) is -1.68. The highest BCUT2D eigenvalue weighted by atomic mass is 32.2. The molecule has 1 N–H and O–H groups in total. The third-order valence-electron chi connectivity index (χ3n) is 3.40. The highest BCUT2D eigenvalue weighted by molar-refractivity contribution is 7.99. The van der Waals surface area contributed by atoms with Gasteiger partial charge in [-0.05, 0) is 56.6 Å². The standard InChI is InChI=1S/C14H20F2N2S/c1-18-8-2-3-11(10-18)9-17-12-4-6-13(7-5-12)19-14(15)16/h4-7,11,14,17H,2-3,8-10H2,1H3. The van der Waals surface area contributed by atoms with Crippen LogP contribution in [0.2, 0.25) is 0 Å². The number of alkyl halides is 2. The summed E-state index contributed by atoms with van der Waals surface area (Å²) >= 11 is 0.586. The number of hydrogen-bond acceptors (Lipinski definition) is 3. The number of nitrogens with zero attached hydrogens (tertiary/aromatic N) is 1. The molecule has 1 aliphatic rings. The van der Waals surface area contributed by atoms with E-state index in [0.717, 1.165) is 18.8 Å². The lowest BCUT2D eigenvalue weighted by Gasteiger charge is -2.29. The number of likely N-dealkylation sites (tertiary alicyclic amines) is 1. The predicted octanol–water partition coefficient (Wildman–Crippen LogP) is 3.76. The van der Waals surface area contributed by atoms with Gasteiger partial charge in [0.2, 0.25) is 0 Å². The first kappa shape index (κ1) is 14.6. The summed E-state index contributed by atoms with van der Waals surface area (Å²) in [6, 6.07) is 7.23. The fourth-order valence-corrected chi connectivity index (χ4v) is 2.96. The molecule has 0 radical (unpaired) electrons. The summed E-state index contributed by atoms with van der Waals surface area (Å²) in [5.41, 5.74) is 1.01. The minimum atomic E-state index is -2.35. The van der Waals surface area contributed by atoms with Gasteiger partial charge >= 0.3 is 0 Å². The molecule has 1 aromatic carbocycles. The van der Waals surface area contributed by atoms with Crippen molar-refractivity contribution in [2.75, 3.05) is 32.0 Å². The molecule has 1 atom stereocenters. The van der Waals surface area contributed by atoms with Gasteiger partial charge in [0.1, 0.15) is 0 Å². The molecular weight excluding hydrogens is 266 g/mol. The first-order chi connectivity index (χ1) is 9.13. The maximum atomic E-state index is 12.2. The van der Waals surface area contributed by atoms with Crippen LogP contribution in [0, 0.1) is 5.92 Å². The first-order valence-corrected chi connectivity index (χ1v) is 7.49. The number of benzene rings is 1. The van der Waals surface area contributed by atoms with Crippen LogP contribution in [0.4, 0.5) is 14.5 Å². The largest absolute Gasteiger partial charge is 0.385 e. The monoisotopic (exact) mass is 286 g/mol. The van der Waals surface area contributed by atoms with Crippen LogP contribution >= 0.6 is 11.8 Å². The van der Waals surface area contributed by atoms with Crippen molar-refractivity contribution in [1.29, 1.82) is 0 Å². The van der Waals surface area contributed by atoms with E-state index in [1.165, 1.54) is 19.4 Å². The van der Waals surface area contributed by atoms with Gasteiger partial charge < -0.3 is 10.2 Å². The molecule has 2 nitrogen and oxygen atoms in total. The lowest BCUT2D eigenvalue weighted by Crippen LogP contribution is -2.35. The number of halogens is 2. The number of piperidine rings is 1. The van der Waals surface area contributed by atoms with Gasteiger partial charge in [-0.3, -0.25) is 0 Å². The molecule has 1 fully saturated rings. The Morgan fingerprint density at radius 2 is 2.11 bits per heavy atom. The Labute approximate surface area is 117 Å². The van der Waals surface area contributed by atoms with Crippen LogP contribution in [0.15, 0.2) is 29.2 Å². The summed E-state index contributed by atoms with van der Waals surface area (Å²) in [5, 5.41) is 3.39. The third-order valence-corrected chi connectivity index (χ3v) is 4.12. The molecule has 0 bridgehead atoms. The van der Waals surface area contributed by atoms with Gasteiger partial charge in [-0.2, -0.15) is 8.78 Å². The molecule has 0 aliphatic carbocycles. The second kappa shape index (κ2) is 7.10. The number of hydrogen-bond donors (Lipinski definition) is 1. The molecular formula is C14H20F2N2S. The Hall–Kier alpha value is -0.810. The van der Waals surface area contributed by atoms with Crippen LogP contribution < -0.4 is 5.32 Å². The predicted molar refractivity (Wildman–Crippen MR) is 77.0 cm³/mol. The lowest BCUT2D eigenvalue weighted by molar-refractivity contribution is 0.217. The van der Waals surface area contributed by atoms with E-state index >= 15 is 0 Å². The molecule has 19 heavy (non-hydrogen) atoms. The second-order valence-electron chi connectivity index (χ2n) is 5.05. The van der Waals surface area contributed by atoms with Crippen molar-refractivity contribution in [1.82, 2.24) is 4.90 Å². The molecule has 0 aromatic heterocycles. The summed E-state index contributed by atoms with van der Waals surface area (Å²) in [4.78, 5) is 2.97. The van der Waals surface area contributed by atoms with Gasteiger partial charge in [0, 0.05) is 23.7 Å². The minimum Gasteiger partial charge on any atom is -0.385 e. The van der Waals surface area contributed by atoms with E-state index in [1.54, 1.807) is 12.1 Å². The fraction of sp³-hybridized carbons (Fsp3) is 0.571. The minimum absolute atomic E-state index is 0.586. The SMILES string of the molecule is CN1CCCC(CNc2ccc(SC(F)F)cc2)C1. The number of thioether (sulfide) groups is 1. The fourth-order valence-electron chi connectivity index (χ4n) is 2.46. The Balaban J connectivity index is 1.79. The van der Waals surface area contributed by atoms with Crippen LogP contribution in [0.25, 0.3) is 0 Å². The van der Waals surface area contributed by atoms with Crippen LogP contribution in [0.1, 0.15) is 12.8 Å². The third kappa shape index (κ3) is 4.99. The molecule has 1 unspecified atom stereocenters. The first-order valence-electron chi connectivity index (χ1n) is 6.61. The molecule has 106 valence electrons. The second-order valence-corrected chi connectivity index (χ2v) is 6.12. The Morgan fingerprint density at radius 3 is 2.74 bits per heavy atom. The van der Waals surface area contributed by atoms with Gasteiger partial charge in [-0.15, -0.1) is 0 Å². The molecule has 1 saturated heterocycles. The summed E-state index contributed by atoms with van der Waals surface area (Å²) in [6.45, 7) is 3.27. The van der Waals surface area contributed by atoms with E-state index in [4.69, 9.17) is 0 Å². The highest BCUT2D eigenvalue weighted by Gasteiger charge is 2.16. The van der Waals surface area contributed by atoms with Crippen molar-refractivity contribution >= 4 is 17.4 Å². The lowest BCUT2D eigenvalue weighted by atomic mass is 9.98. The smallest absolute Gasteiger partial charge is 0.288 e. The van der Waals surface area contributed by atoms with Gasteiger partial charge in [-0.1, -0.05) is 11.8 Å². The van der Waals surface area contributed by atoms with Crippen molar-refractivity contribution in [3.05, 3.63) is 24.3 Å². The zero-order valence-electron chi connectivity index (χ0n) is 11.1. The van der Waals surface area contributed by atoms with Crippen LogP contribution in [0.3, 0.4) is 0 Å². The van der Waals surface area contributed by atoms with Crippen LogP contribution in [-0.4, -0.2) is 37.3 Å². The summed E-state index contributed by atoms with van der Waals surface area (Å²) < 4.78 is 24.4. The number of anilines is 1. The molecule has 5 heteroatoms. The molecule has 0 amide bonds. The quantitative estimate of drug-likeness (QED) is 0.830. The van der Waals surface area contributed by atoms with Crippen molar-refractivity contribution in [3.8, 4) is 0 Å². The highest BCUT2D eigenvalue weighted by Crippen LogP contribution is 2.26. The maximum Gasteiger partial charge on any atom is 0.288 e. The molecule has 1 aromatic rings. The Bertz CT molecular complexity index is 384. The van der Waals surface area contributed by atoms with Gasteiger partial charge in [0.15, 0.2) is 0 Å². The summed E-state index contributed by atoms with van der Waals surface area (Å²) in [6.07, 6.45) is 2.52. The molecule has 2 rings (SSSR count). The topological polar surface area (TPSA) is 15.3 Å². The maximum absolute atomic E-state index is 12.2. The van der Waals surface area contributed by atoms with E-state index in [1.807, 2.05) is 12.1 Å². The van der Waals surface area contributed by atoms with Crippen LogP contribution in [0.5, 0.6) is 0 Å². The van der Waals surface area contributed by atoms with Crippen molar-refractivity contribution in [2.45, 2.75) is 23.5 Å². The van der Waals surface area contributed by atoms with Gasteiger partial charge in [0.25, 0.3) is 5.76 Å². The van der Waals surface area contributed by atoms with Gasteiger partial charge in [-0.25, -0.2) is 0 Å². The Kier molecular flexibility index (Phi) is 5.45. The van der Waals surface area contributed by atoms with E-state index in [0.29, 0.717) is 22.6 Å². The Morgan fingerprint density at radius 1 is 1.37 bits per heavy atom. The zero-order chi connectivity index (χ0) is 13.7. The average Bonchev–Trinajstić information content (AvgIpc) is 2.37. The number of rotatable bonds is 5. The van der Waals surface area contributed by atoms with Crippen molar-refractivity contribution < 1.29 is 8.78 Å². The summed E-state index contributed by atoms with van der Waals surface area (Å²) in [7, 11) is 2.16. The van der Waals surface area contributed by atoms with Crippen LogP contribution in [-0.2, 0) is 0 Å². The zero-order valence-corrected chi connectivity index (χ0v) is 11.9. The van der Waals surface area contributed by atoms with E-state index in [-0.39, 0.29) is 0 Å². The molecule has 0 spiro atoms. The molecule has 1 aliphatic heterocycles. The normalized spacial score (nSPS) is 20.7. The average molecular weight is 286 g/mol.